The van der Waals surface area contributed by atoms with E-state index in [9.17, 15) is 4.39 Å². The summed E-state index contributed by atoms with van der Waals surface area (Å²) in [6, 6.07) is 16.1. The lowest BCUT2D eigenvalue weighted by molar-refractivity contribution is 0.130. The number of halogens is 1. The molecule has 3 heteroatoms. The van der Waals surface area contributed by atoms with Crippen LogP contribution in [0, 0.1) is 5.82 Å². The van der Waals surface area contributed by atoms with E-state index in [1.54, 1.807) is 12.1 Å². The average molecular weight is 269 g/mol. The molecule has 0 radical (unpaired) electrons. The van der Waals surface area contributed by atoms with Crippen molar-refractivity contribution in [2.75, 3.05) is 0 Å². The zero-order valence-electron chi connectivity index (χ0n) is 11.3. The molecular weight excluding hydrogens is 253 g/mol. The van der Waals surface area contributed by atoms with E-state index in [0.29, 0.717) is 6.61 Å². The highest BCUT2D eigenvalue weighted by Gasteiger charge is 1.92. The fourth-order valence-corrected chi connectivity index (χ4v) is 1.60. The molecule has 0 N–H and O–H groups in total. The molecule has 2 nitrogen and oxygen atoms in total. The lowest BCUT2D eigenvalue weighted by Crippen LogP contribution is -1.90. The molecule has 0 aliphatic carbocycles. The summed E-state index contributed by atoms with van der Waals surface area (Å²) in [5.74, 6) is -0.237. The van der Waals surface area contributed by atoms with Gasteiger partial charge in [0.1, 0.15) is 12.4 Å². The summed E-state index contributed by atoms with van der Waals surface area (Å²) < 4.78 is 12.7. The highest BCUT2D eigenvalue weighted by Crippen LogP contribution is 2.05. The Morgan fingerprint density at radius 3 is 2.50 bits per heavy atom. The number of oxime groups is 1. The molecule has 0 atom stereocenters. The predicted octanol–water partition coefficient (Wildman–Crippen LogP) is 4.43. The minimum absolute atomic E-state index is 0.237. The van der Waals surface area contributed by atoms with Crippen molar-refractivity contribution in [3.63, 3.8) is 0 Å². The summed E-state index contributed by atoms with van der Waals surface area (Å²) in [5.41, 5.74) is 2.75. The predicted molar refractivity (Wildman–Crippen MR) is 79.8 cm³/mol. The molecule has 2 rings (SSSR count). The second-order valence-corrected chi connectivity index (χ2v) is 4.38. The number of nitrogens with zero attached hydrogens (tertiary/aromatic N) is 1. The third kappa shape index (κ3) is 4.69. The molecule has 0 unspecified atom stereocenters. The van der Waals surface area contributed by atoms with Crippen molar-refractivity contribution in [1.29, 1.82) is 0 Å². The van der Waals surface area contributed by atoms with Crippen LogP contribution in [0.25, 0.3) is 6.08 Å². The molecule has 0 aliphatic rings. The Morgan fingerprint density at radius 2 is 1.80 bits per heavy atom. The summed E-state index contributed by atoms with van der Waals surface area (Å²) in [7, 11) is 0. The molecule has 0 amide bonds. The van der Waals surface area contributed by atoms with Gasteiger partial charge in [-0.3, -0.25) is 0 Å². The zero-order valence-corrected chi connectivity index (χ0v) is 11.3. The quantitative estimate of drug-likeness (QED) is 0.581. The van der Waals surface area contributed by atoms with Gasteiger partial charge in [-0.1, -0.05) is 53.7 Å². The maximum atomic E-state index is 12.7. The molecule has 0 heterocycles. The fraction of sp³-hybridized carbons (Fsp3) is 0.118. The molecule has 20 heavy (non-hydrogen) atoms. The van der Waals surface area contributed by atoms with Gasteiger partial charge in [-0.05, 0) is 36.3 Å². The number of hydrogen-bond acceptors (Lipinski definition) is 2. The van der Waals surface area contributed by atoms with E-state index in [4.69, 9.17) is 4.84 Å². The Hall–Kier alpha value is -2.42. The van der Waals surface area contributed by atoms with Gasteiger partial charge in [0, 0.05) is 0 Å². The van der Waals surface area contributed by atoms with Crippen molar-refractivity contribution in [1.82, 2.24) is 0 Å². The standard InChI is InChI=1S/C17H16FNO/c1-14(7-8-15-9-11-17(18)12-10-15)19-20-13-16-5-3-2-4-6-16/h2-12H,13H2,1H3. The van der Waals surface area contributed by atoms with Gasteiger partial charge in [0.25, 0.3) is 0 Å². The molecule has 0 aromatic heterocycles. The van der Waals surface area contributed by atoms with Gasteiger partial charge in [0.15, 0.2) is 0 Å². The SMILES string of the molecule is CC(C=Cc1ccc(F)cc1)=NOCc1ccccc1. The van der Waals surface area contributed by atoms with Crippen LogP contribution in [0.2, 0.25) is 0 Å². The Morgan fingerprint density at radius 1 is 1.10 bits per heavy atom. The van der Waals surface area contributed by atoms with Gasteiger partial charge >= 0.3 is 0 Å². The molecule has 2 aromatic carbocycles. The first-order valence-corrected chi connectivity index (χ1v) is 6.38. The Kier molecular flexibility index (Phi) is 5.07. The topological polar surface area (TPSA) is 21.6 Å². The van der Waals surface area contributed by atoms with Crippen molar-refractivity contribution >= 4 is 11.8 Å². The molecular formula is C17H16FNO. The smallest absolute Gasteiger partial charge is 0.142 e. The van der Waals surface area contributed by atoms with Crippen LogP contribution in [0.5, 0.6) is 0 Å². The van der Waals surface area contributed by atoms with Crippen molar-refractivity contribution in [2.24, 2.45) is 5.16 Å². The first-order valence-electron chi connectivity index (χ1n) is 6.38. The van der Waals surface area contributed by atoms with Crippen molar-refractivity contribution in [3.05, 3.63) is 77.6 Å². The first-order chi connectivity index (χ1) is 9.74. The summed E-state index contributed by atoms with van der Waals surface area (Å²) in [4.78, 5) is 5.27. The molecule has 102 valence electrons. The maximum Gasteiger partial charge on any atom is 0.142 e. The van der Waals surface area contributed by atoms with Gasteiger partial charge in [0.05, 0.1) is 5.71 Å². The van der Waals surface area contributed by atoms with E-state index in [1.807, 2.05) is 49.4 Å². The molecule has 2 aromatic rings. The summed E-state index contributed by atoms with van der Waals surface area (Å²) in [6.45, 7) is 2.30. The Labute approximate surface area is 118 Å². The highest BCUT2D eigenvalue weighted by atomic mass is 19.1. The molecule has 0 spiro atoms. The fourth-order valence-electron chi connectivity index (χ4n) is 1.60. The number of allylic oxidation sites excluding steroid dienone is 1. The van der Waals surface area contributed by atoms with Crippen LogP contribution in [0.1, 0.15) is 18.1 Å². The van der Waals surface area contributed by atoms with Crippen LogP contribution in [-0.4, -0.2) is 5.71 Å². The number of benzene rings is 2. The van der Waals surface area contributed by atoms with E-state index < -0.39 is 0 Å². The molecule has 0 saturated carbocycles. The van der Waals surface area contributed by atoms with Crippen molar-refractivity contribution in [2.45, 2.75) is 13.5 Å². The second-order valence-electron chi connectivity index (χ2n) is 4.38. The molecule has 0 fully saturated rings. The van der Waals surface area contributed by atoms with E-state index in [2.05, 4.69) is 5.16 Å². The maximum absolute atomic E-state index is 12.7. The third-order valence-electron chi connectivity index (χ3n) is 2.67. The molecule has 0 aliphatic heterocycles. The van der Waals surface area contributed by atoms with Crippen LogP contribution in [-0.2, 0) is 11.4 Å². The van der Waals surface area contributed by atoms with E-state index in [0.717, 1.165) is 16.8 Å². The number of rotatable bonds is 5. The van der Waals surface area contributed by atoms with Crippen molar-refractivity contribution in [3.8, 4) is 0 Å². The van der Waals surface area contributed by atoms with Crippen LogP contribution >= 0.6 is 0 Å². The third-order valence-corrected chi connectivity index (χ3v) is 2.67. The zero-order chi connectivity index (χ0) is 14.2. The summed E-state index contributed by atoms with van der Waals surface area (Å²) in [5, 5.41) is 4.01. The van der Waals surface area contributed by atoms with Crippen LogP contribution < -0.4 is 0 Å². The van der Waals surface area contributed by atoms with Gasteiger partial charge < -0.3 is 4.84 Å². The molecule has 0 bridgehead atoms. The Balaban J connectivity index is 1.86. The van der Waals surface area contributed by atoms with Crippen LogP contribution in [0.4, 0.5) is 4.39 Å². The van der Waals surface area contributed by atoms with Gasteiger partial charge in [0.2, 0.25) is 0 Å². The second kappa shape index (κ2) is 7.24. The molecule has 0 saturated heterocycles. The van der Waals surface area contributed by atoms with Gasteiger partial charge in [-0.2, -0.15) is 0 Å². The highest BCUT2D eigenvalue weighted by molar-refractivity contribution is 5.95. The van der Waals surface area contributed by atoms with Gasteiger partial charge in [-0.25, -0.2) is 4.39 Å². The average Bonchev–Trinajstić information content (AvgIpc) is 2.48. The van der Waals surface area contributed by atoms with E-state index in [1.165, 1.54) is 12.1 Å². The number of hydrogen-bond donors (Lipinski definition) is 0. The summed E-state index contributed by atoms with van der Waals surface area (Å²) in [6.07, 6.45) is 3.70. The first kappa shape index (κ1) is 14.0. The van der Waals surface area contributed by atoms with Crippen LogP contribution in [0.3, 0.4) is 0 Å². The monoisotopic (exact) mass is 269 g/mol. The Bertz CT molecular complexity index is 588. The normalized spacial score (nSPS) is 11.8. The van der Waals surface area contributed by atoms with E-state index in [-0.39, 0.29) is 5.82 Å². The van der Waals surface area contributed by atoms with Gasteiger partial charge in [-0.15, -0.1) is 0 Å². The largest absolute Gasteiger partial charge is 0.391 e. The van der Waals surface area contributed by atoms with E-state index >= 15 is 0 Å². The summed E-state index contributed by atoms with van der Waals surface area (Å²) >= 11 is 0. The van der Waals surface area contributed by atoms with Crippen LogP contribution in [0.15, 0.2) is 65.8 Å². The minimum Gasteiger partial charge on any atom is -0.391 e. The lowest BCUT2D eigenvalue weighted by atomic mass is 10.2. The lowest BCUT2D eigenvalue weighted by Gasteiger charge is -2.00. The minimum atomic E-state index is -0.237. The van der Waals surface area contributed by atoms with Crippen molar-refractivity contribution < 1.29 is 9.23 Å².